The number of amides is 1. The largest absolute Gasteiger partial charge is 0.474 e. The molecule has 10 nitrogen and oxygen atoms in total. The molecule has 1 N–H and O–H groups in total. The zero-order valence-corrected chi connectivity index (χ0v) is 21.6. The molecule has 2 aromatic heterocycles. The molecule has 2 aliphatic rings. The van der Waals surface area contributed by atoms with E-state index in [2.05, 4.69) is 20.3 Å². The first-order valence-electron chi connectivity index (χ1n) is 13.0. The second-order valence-corrected chi connectivity index (χ2v) is 9.96. The van der Waals surface area contributed by atoms with Gasteiger partial charge in [0.2, 0.25) is 17.7 Å². The fourth-order valence-electron chi connectivity index (χ4n) is 4.97. The van der Waals surface area contributed by atoms with Crippen LogP contribution in [0.3, 0.4) is 0 Å². The molecule has 1 aliphatic carbocycles. The molecule has 3 heterocycles. The van der Waals surface area contributed by atoms with Crippen LogP contribution in [0, 0.1) is 0 Å². The molecule has 1 aliphatic heterocycles. The van der Waals surface area contributed by atoms with Crippen LogP contribution in [0.2, 0.25) is 0 Å². The van der Waals surface area contributed by atoms with E-state index in [1.165, 1.54) is 4.57 Å². The molecule has 0 atom stereocenters. The lowest BCUT2D eigenvalue weighted by molar-refractivity contribution is -0.122. The molecule has 0 radical (unpaired) electrons. The van der Waals surface area contributed by atoms with Gasteiger partial charge in [-0.25, -0.2) is 13.8 Å². The summed E-state index contributed by atoms with van der Waals surface area (Å²) in [4.78, 5) is 29.4. The van der Waals surface area contributed by atoms with Crippen molar-refractivity contribution in [1.29, 1.82) is 0 Å². The van der Waals surface area contributed by atoms with Gasteiger partial charge in [-0.05, 0) is 51.9 Å². The highest BCUT2D eigenvalue weighted by Gasteiger charge is 2.27. The highest BCUT2D eigenvalue weighted by Crippen LogP contribution is 2.31. The number of alkyl halides is 2. The monoisotopic (exact) mass is 529 g/mol. The molecule has 1 saturated heterocycles. The van der Waals surface area contributed by atoms with Crippen molar-refractivity contribution in [2.45, 2.75) is 44.3 Å². The molecule has 1 aromatic carbocycles. The summed E-state index contributed by atoms with van der Waals surface area (Å²) in [5.41, 5.74) is 1.00. The standard InChI is InChI=1S/C26H33F2N7O3/c1-33(2)16-22(36)29-17-7-9-18(10-8-17)38-23-15-21(31-26(32-23)34-11-13-37-14-12-34)35-20-6-4-3-5-19(20)30-25(35)24(27)28/h3-6,15,17-18,24H,7-14,16H2,1-2H3,(H,29,36). The van der Waals surface area contributed by atoms with Crippen molar-refractivity contribution in [2.24, 2.45) is 0 Å². The highest BCUT2D eigenvalue weighted by molar-refractivity contribution is 5.78. The Morgan fingerprint density at radius 2 is 1.87 bits per heavy atom. The second kappa shape index (κ2) is 11.6. The van der Waals surface area contributed by atoms with Crippen molar-refractivity contribution in [3.8, 4) is 11.7 Å². The van der Waals surface area contributed by atoms with Gasteiger partial charge in [0, 0.05) is 25.2 Å². The zero-order valence-electron chi connectivity index (χ0n) is 21.6. The summed E-state index contributed by atoms with van der Waals surface area (Å²) in [6, 6.07) is 8.72. The number of likely N-dealkylation sites (N-methyl/N-ethyl adjacent to an activating group) is 1. The van der Waals surface area contributed by atoms with Crippen LogP contribution in [0.1, 0.15) is 37.9 Å². The van der Waals surface area contributed by atoms with Gasteiger partial charge in [0.15, 0.2) is 5.82 Å². The van der Waals surface area contributed by atoms with Gasteiger partial charge in [0.1, 0.15) is 11.9 Å². The number of morpholine rings is 1. The quantitative estimate of drug-likeness (QED) is 0.476. The molecule has 38 heavy (non-hydrogen) atoms. The van der Waals surface area contributed by atoms with Crippen molar-refractivity contribution in [2.75, 3.05) is 51.8 Å². The number of para-hydroxylation sites is 2. The molecule has 1 saturated carbocycles. The first-order chi connectivity index (χ1) is 18.4. The number of nitrogens with one attached hydrogen (secondary N) is 1. The van der Waals surface area contributed by atoms with Gasteiger partial charge in [-0.2, -0.15) is 9.97 Å². The van der Waals surface area contributed by atoms with Gasteiger partial charge in [0.25, 0.3) is 6.43 Å². The number of nitrogens with zero attached hydrogens (tertiary/aromatic N) is 6. The average Bonchev–Trinajstić information content (AvgIpc) is 3.30. The minimum atomic E-state index is -2.79. The van der Waals surface area contributed by atoms with E-state index in [1.807, 2.05) is 23.9 Å². The number of ether oxygens (including phenoxy) is 2. The maximum Gasteiger partial charge on any atom is 0.296 e. The number of hydrogen-bond acceptors (Lipinski definition) is 8. The van der Waals surface area contributed by atoms with Gasteiger partial charge < -0.3 is 24.6 Å². The topological polar surface area (TPSA) is 97.6 Å². The Kier molecular flexibility index (Phi) is 7.98. The molecule has 0 bridgehead atoms. The van der Waals surface area contributed by atoms with Crippen molar-refractivity contribution >= 4 is 22.9 Å². The van der Waals surface area contributed by atoms with Gasteiger partial charge >= 0.3 is 0 Å². The number of aromatic nitrogens is 4. The smallest absolute Gasteiger partial charge is 0.296 e. The van der Waals surface area contributed by atoms with E-state index in [-0.39, 0.29) is 29.7 Å². The minimum Gasteiger partial charge on any atom is -0.474 e. The normalized spacial score (nSPS) is 20.3. The lowest BCUT2D eigenvalue weighted by Gasteiger charge is -2.30. The van der Waals surface area contributed by atoms with Crippen LogP contribution >= 0.6 is 0 Å². The predicted molar refractivity (Wildman–Crippen MR) is 138 cm³/mol. The van der Waals surface area contributed by atoms with E-state index in [9.17, 15) is 13.6 Å². The Balaban J connectivity index is 1.40. The van der Waals surface area contributed by atoms with Crippen LogP contribution in [0.15, 0.2) is 30.3 Å². The molecule has 0 spiro atoms. The van der Waals surface area contributed by atoms with Crippen LogP contribution < -0.4 is 15.0 Å². The molecule has 12 heteroatoms. The lowest BCUT2D eigenvalue weighted by atomic mass is 9.93. The first-order valence-corrected chi connectivity index (χ1v) is 13.0. The fraction of sp³-hybridized carbons (Fsp3) is 0.538. The van der Waals surface area contributed by atoms with E-state index >= 15 is 0 Å². The summed E-state index contributed by atoms with van der Waals surface area (Å²) >= 11 is 0. The molecule has 3 aromatic rings. The van der Waals surface area contributed by atoms with E-state index in [0.717, 1.165) is 25.7 Å². The number of hydrogen-bond donors (Lipinski definition) is 1. The number of fused-ring (bicyclic) bond motifs is 1. The Morgan fingerprint density at radius 3 is 2.58 bits per heavy atom. The van der Waals surface area contributed by atoms with Crippen LogP contribution in [0.25, 0.3) is 16.9 Å². The van der Waals surface area contributed by atoms with Crippen LogP contribution in [-0.2, 0) is 9.53 Å². The molecule has 5 rings (SSSR count). The van der Waals surface area contributed by atoms with Crippen molar-refractivity contribution in [3.05, 3.63) is 36.2 Å². The van der Waals surface area contributed by atoms with Gasteiger partial charge in [-0.1, -0.05) is 12.1 Å². The molecular weight excluding hydrogens is 496 g/mol. The zero-order chi connectivity index (χ0) is 26.6. The third-order valence-corrected chi connectivity index (χ3v) is 6.77. The van der Waals surface area contributed by atoms with E-state index < -0.39 is 6.43 Å². The fourth-order valence-corrected chi connectivity index (χ4v) is 4.97. The summed E-state index contributed by atoms with van der Waals surface area (Å²) in [7, 11) is 3.73. The Bertz CT molecular complexity index is 1250. The summed E-state index contributed by atoms with van der Waals surface area (Å²) < 4.78 is 41.3. The molecule has 2 fully saturated rings. The number of benzene rings is 1. The maximum absolute atomic E-state index is 14.1. The van der Waals surface area contributed by atoms with Crippen LogP contribution in [0.5, 0.6) is 5.88 Å². The molecular formula is C26H33F2N7O3. The van der Waals surface area contributed by atoms with Crippen LogP contribution in [0.4, 0.5) is 14.7 Å². The van der Waals surface area contributed by atoms with Gasteiger partial charge in [0.05, 0.1) is 30.8 Å². The summed E-state index contributed by atoms with van der Waals surface area (Å²) in [6.45, 7) is 2.60. The van der Waals surface area contributed by atoms with Crippen molar-refractivity contribution < 1.29 is 23.0 Å². The SMILES string of the molecule is CN(C)CC(=O)NC1CCC(Oc2cc(-n3c(C(F)F)nc4ccccc43)nc(N3CCOCC3)n2)CC1. The average molecular weight is 530 g/mol. The number of rotatable bonds is 8. The minimum absolute atomic E-state index is 0.0114. The predicted octanol–water partition coefficient (Wildman–Crippen LogP) is 2.96. The third kappa shape index (κ3) is 6.02. The molecule has 0 unspecified atom stereocenters. The first kappa shape index (κ1) is 26.2. The summed E-state index contributed by atoms with van der Waals surface area (Å²) in [5, 5.41) is 3.09. The van der Waals surface area contributed by atoms with Crippen molar-refractivity contribution in [3.63, 3.8) is 0 Å². The second-order valence-electron chi connectivity index (χ2n) is 9.96. The summed E-state index contributed by atoms with van der Waals surface area (Å²) in [6.07, 6.45) is 0.183. The number of anilines is 1. The van der Waals surface area contributed by atoms with Crippen LogP contribution in [-0.4, -0.2) is 89.4 Å². The highest BCUT2D eigenvalue weighted by atomic mass is 19.3. The van der Waals surface area contributed by atoms with E-state index in [4.69, 9.17) is 9.47 Å². The molecule has 204 valence electrons. The summed E-state index contributed by atoms with van der Waals surface area (Å²) in [5.74, 6) is 0.651. The van der Waals surface area contributed by atoms with Gasteiger partial charge in [-0.3, -0.25) is 9.36 Å². The lowest BCUT2D eigenvalue weighted by Crippen LogP contribution is -2.43. The number of halogens is 2. The Labute approximate surface area is 219 Å². The maximum atomic E-state index is 14.1. The van der Waals surface area contributed by atoms with E-state index in [1.54, 1.807) is 30.3 Å². The van der Waals surface area contributed by atoms with Gasteiger partial charge in [-0.15, -0.1) is 0 Å². The Morgan fingerprint density at radius 1 is 1.13 bits per heavy atom. The third-order valence-electron chi connectivity index (χ3n) is 6.77. The number of imidazole rings is 1. The Hall–Kier alpha value is -3.38. The number of carbonyl (C=O) groups excluding carboxylic acids is 1. The molecule has 1 amide bonds. The number of carbonyl (C=O) groups is 1. The van der Waals surface area contributed by atoms with Crippen molar-refractivity contribution in [1.82, 2.24) is 29.7 Å². The van der Waals surface area contributed by atoms with E-state index in [0.29, 0.717) is 55.7 Å².